The molecule has 1 aliphatic heterocycles. The predicted molar refractivity (Wildman–Crippen MR) is 65.6 cm³/mol. The molecule has 0 aromatic heterocycles. The number of hydrogen-bond donors (Lipinski definition) is 2. The minimum atomic E-state index is -1.38. The smallest absolute Gasteiger partial charge is 0.338 e. The summed E-state index contributed by atoms with van der Waals surface area (Å²) in [5.74, 6) is -2.57. The van der Waals surface area contributed by atoms with Crippen LogP contribution in [0.25, 0.3) is 0 Å². The molecule has 1 aliphatic rings. The SMILES string of the molecule is CC1(C(=O)Nc2ccc(F)c(C(=O)O)c2)CCCO1. The third-order valence-electron chi connectivity index (χ3n) is 3.15. The van der Waals surface area contributed by atoms with Gasteiger partial charge in [-0.05, 0) is 38.0 Å². The summed E-state index contributed by atoms with van der Waals surface area (Å²) in [6, 6.07) is 3.42. The Kier molecular flexibility index (Phi) is 3.53. The first kappa shape index (κ1) is 13.5. The Morgan fingerprint density at radius 2 is 2.21 bits per heavy atom. The molecule has 1 heterocycles. The van der Waals surface area contributed by atoms with Crippen molar-refractivity contribution in [3.05, 3.63) is 29.6 Å². The van der Waals surface area contributed by atoms with Crippen LogP contribution in [0.5, 0.6) is 0 Å². The molecule has 6 heteroatoms. The lowest BCUT2D eigenvalue weighted by Gasteiger charge is -2.22. The Labute approximate surface area is 109 Å². The number of rotatable bonds is 3. The monoisotopic (exact) mass is 267 g/mol. The number of amides is 1. The van der Waals surface area contributed by atoms with Crippen LogP contribution in [0.1, 0.15) is 30.1 Å². The molecule has 1 atom stereocenters. The molecule has 0 aliphatic carbocycles. The second kappa shape index (κ2) is 4.97. The zero-order valence-electron chi connectivity index (χ0n) is 10.4. The molecule has 0 bridgehead atoms. The number of nitrogens with one attached hydrogen (secondary N) is 1. The van der Waals surface area contributed by atoms with E-state index < -0.39 is 23.0 Å². The Morgan fingerprint density at radius 1 is 1.47 bits per heavy atom. The van der Waals surface area contributed by atoms with Crippen molar-refractivity contribution in [3.63, 3.8) is 0 Å². The summed E-state index contributed by atoms with van der Waals surface area (Å²) in [6.45, 7) is 2.20. The first-order valence-corrected chi connectivity index (χ1v) is 5.91. The van der Waals surface area contributed by atoms with E-state index in [1.165, 1.54) is 6.07 Å². The Hall–Kier alpha value is -1.95. The first-order valence-electron chi connectivity index (χ1n) is 5.91. The predicted octanol–water partition coefficient (Wildman–Crippen LogP) is 2.03. The highest BCUT2D eigenvalue weighted by molar-refractivity contribution is 5.98. The van der Waals surface area contributed by atoms with E-state index in [1.807, 2.05) is 0 Å². The molecule has 5 nitrogen and oxygen atoms in total. The van der Waals surface area contributed by atoms with Crippen molar-refractivity contribution < 1.29 is 23.8 Å². The molecule has 1 fully saturated rings. The van der Waals surface area contributed by atoms with Crippen molar-refractivity contribution >= 4 is 17.6 Å². The summed E-state index contributed by atoms with van der Waals surface area (Å²) in [5, 5.41) is 11.4. The Balaban J connectivity index is 2.17. The molecule has 1 aromatic carbocycles. The summed E-state index contributed by atoms with van der Waals surface area (Å²) in [6.07, 6.45) is 1.40. The van der Waals surface area contributed by atoms with E-state index in [2.05, 4.69) is 5.32 Å². The average Bonchev–Trinajstić information content (AvgIpc) is 2.79. The molecule has 0 radical (unpaired) electrons. The fourth-order valence-electron chi connectivity index (χ4n) is 1.99. The lowest BCUT2D eigenvalue weighted by atomic mass is 10.0. The summed E-state index contributed by atoms with van der Waals surface area (Å²) in [7, 11) is 0. The van der Waals surface area contributed by atoms with Crippen LogP contribution in [0.15, 0.2) is 18.2 Å². The van der Waals surface area contributed by atoms with Crippen LogP contribution in [-0.4, -0.2) is 29.2 Å². The summed E-state index contributed by atoms with van der Waals surface area (Å²) in [4.78, 5) is 22.8. The van der Waals surface area contributed by atoms with E-state index >= 15 is 0 Å². The number of aromatic carboxylic acids is 1. The maximum atomic E-state index is 13.2. The number of carbonyl (C=O) groups is 2. The number of carbonyl (C=O) groups excluding carboxylic acids is 1. The van der Waals surface area contributed by atoms with Crippen LogP contribution in [0.4, 0.5) is 10.1 Å². The maximum absolute atomic E-state index is 13.2. The lowest BCUT2D eigenvalue weighted by molar-refractivity contribution is -0.133. The number of halogens is 1. The second-order valence-corrected chi connectivity index (χ2v) is 4.64. The van der Waals surface area contributed by atoms with Crippen LogP contribution in [0.3, 0.4) is 0 Å². The van der Waals surface area contributed by atoms with Crippen molar-refractivity contribution in [2.24, 2.45) is 0 Å². The van der Waals surface area contributed by atoms with Crippen molar-refractivity contribution in [1.82, 2.24) is 0 Å². The van der Waals surface area contributed by atoms with Crippen LogP contribution < -0.4 is 5.32 Å². The third-order valence-corrected chi connectivity index (χ3v) is 3.15. The van der Waals surface area contributed by atoms with Crippen molar-refractivity contribution in [3.8, 4) is 0 Å². The van der Waals surface area contributed by atoms with Crippen molar-refractivity contribution in [2.75, 3.05) is 11.9 Å². The van der Waals surface area contributed by atoms with Crippen LogP contribution in [-0.2, 0) is 9.53 Å². The minimum absolute atomic E-state index is 0.237. The molecule has 1 saturated heterocycles. The quantitative estimate of drug-likeness (QED) is 0.878. The van der Waals surface area contributed by atoms with Crippen molar-refractivity contribution in [2.45, 2.75) is 25.4 Å². The molecule has 1 aromatic rings. The van der Waals surface area contributed by atoms with E-state index in [1.54, 1.807) is 6.92 Å². The number of carboxylic acid groups (broad SMARTS) is 1. The molecule has 0 spiro atoms. The first-order chi connectivity index (χ1) is 8.92. The normalized spacial score (nSPS) is 22.2. The molecule has 19 heavy (non-hydrogen) atoms. The van der Waals surface area contributed by atoms with E-state index in [0.717, 1.165) is 18.6 Å². The highest BCUT2D eigenvalue weighted by Crippen LogP contribution is 2.27. The van der Waals surface area contributed by atoms with Crippen LogP contribution in [0.2, 0.25) is 0 Å². The molecule has 2 N–H and O–H groups in total. The number of carboxylic acids is 1. The largest absolute Gasteiger partial charge is 0.478 e. The van der Waals surface area contributed by atoms with Gasteiger partial charge in [0.2, 0.25) is 0 Å². The zero-order chi connectivity index (χ0) is 14.0. The fraction of sp³-hybridized carbons (Fsp3) is 0.385. The van der Waals surface area contributed by atoms with Gasteiger partial charge in [0.25, 0.3) is 5.91 Å². The second-order valence-electron chi connectivity index (χ2n) is 4.64. The molecule has 0 saturated carbocycles. The van der Waals surface area contributed by atoms with Gasteiger partial charge in [0.05, 0.1) is 5.56 Å². The van der Waals surface area contributed by atoms with E-state index in [0.29, 0.717) is 13.0 Å². The van der Waals surface area contributed by atoms with Gasteiger partial charge >= 0.3 is 5.97 Å². The van der Waals surface area contributed by atoms with Gasteiger partial charge in [0.15, 0.2) is 0 Å². The van der Waals surface area contributed by atoms with Gasteiger partial charge < -0.3 is 15.2 Å². The fourth-order valence-corrected chi connectivity index (χ4v) is 1.99. The van der Waals surface area contributed by atoms with Crippen LogP contribution >= 0.6 is 0 Å². The van der Waals surface area contributed by atoms with E-state index in [9.17, 15) is 14.0 Å². The van der Waals surface area contributed by atoms with Gasteiger partial charge in [0.1, 0.15) is 11.4 Å². The Bertz CT molecular complexity index is 523. The van der Waals surface area contributed by atoms with Gasteiger partial charge in [-0.15, -0.1) is 0 Å². The highest BCUT2D eigenvalue weighted by atomic mass is 19.1. The molecule has 102 valence electrons. The molecular weight excluding hydrogens is 253 g/mol. The highest BCUT2D eigenvalue weighted by Gasteiger charge is 2.37. The maximum Gasteiger partial charge on any atom is 0.338 e. The van der Waals surface area contributed by atoms with E-state index in [-0.39, 0.29) is 11.6 Å². The molecular formula is C13H14FNO4. The van der Waals surface area contributed by atoms with Crippen molar-refractivity contribution in [1.29, 1.82) is 0 Å². The zero-order valence-corrected chi connectivity index (χ0v) is 10.4. The number of ether oxygens (including phenoxy) is 1. The standard InChI is InChI=1S/C13H14FNO4/c1-13(5-2-6-19-13)12(18)15-8-3-4-10(14)9(7-8)11(16)17/h3-4,7H,2,5-6H2,1H3,(H,15,18)(H,16,17). The van der Waals surface area contributed by atoms with Gasteiger partial charge in [-0.25, -0.2) is 9.18 Å². The van der Waals surface area contributed by atoms with Gasteiger partial charge in [0, 0.05) is 12.3 Å². The number of anilines is 1. The summed E-state index contributed by atoms with van der Waals surface area (Å²) in [5.41, 5.74) is -1.14. The topological polar surface area (TPSA) is 75.6 Å². The molecule has 1 unspecified atom stereocenters. The Morgan fingerprint density at radius 3 is 2.79 bits per heavy atom. The average molecular weight is 267 g/mol. The number of hydrogen-bond acceptors (Lipinski definition) is 3. The summed E-state index contributed by atoms with van der Waals surface area (Å²) < 4.78 is 18.6. The van der Waals surface area contributed by atoms with Gasteiger partial charge in [-0.3, -0.25) is 4.79 Å². The minimum Gasteiger partial charge on any atom is -0.478 e. The molecule has 1 amide bonds. The van der Waals surface area contributed by atoms with Crippen LogP contribution in [0, 0.1) is 5.82 Å². The summed E-state index contributed by atoms with van der Waals surface area (Å²) >= 11 is 0. The van der Waals surface area contributed by atoms with Gasteiger partial charge in [-0.1, -0.05) is 0 Å². The van der Waals surface area contributed by atoms with E-state index in [4.69, 9.17) is 9.84 Å². The lowest BCUT2D eigenvalue weighted by Crippen LogP contribution is -2.39. The third kappa shape index (κ3) is 2.73. The van der Waals surface area contributed by atoms with Gasteiger partial charge in [-0.2, -0.15) is 0 Å². The number of benzene rings is 1. The molecule has 2 rings (SSSR count).